The second kappa shape index (κ2) is 9.69. The van der Waals surface area contributed by atoms with Crippen molar-refractivity contribution >= 4 is 34.2 Å². The number of ether oxygens (including phenoxy) is 1. The summed E-state index contributed by atoms with van der Waals surface area (Å²) in [6, 6.07) is 23.2. The number of piperazine rings is 1. The number of hydrogen-bond acceptors (Lipinski definition) is 5. The van der Waals surface area contributed by atoms with Crippen LogP contribution in [-0.4, -0.2) is 53.1 Å². The Morgan fingerprint density at radius 1 is 0.941 bits per heavy atom. The molecule has 6 nitrogen and oxygen atoms in total. The molecular weight excluding hydrogens is 448 g/mol. The molecule has 1 aliphatic heterocycles. The van der Waals surface area contributed by atoms with Crippen molar-refractivity contribution in [1.29, 1.82) is 0 Å². The van der Waals surface area contributed by atoms with Crippen molar-refractivity contribution in [3.63, 3.8) is 0 Å². The molecule has 0 spiro atoms. The Bertz CT molecular complexity index is 1300. The molecule has 3 aromatic carbocycles. The van der Waals surface area contributed by atoms with Crippen LogP contribution < -0.4 is 9.64 Å². The van der Waals surface area contributed by atoms with Crippen molar-refractivity contribution in [3.8, 4) is 17.0 Å². The van der Waals surface area contributed by atoms with Crippen LogP contribution in [0.3, 0.4) is 0 Å². The molecule has 4 aromatic rings. The zero-order valence-corrected chi connectivity index (χ0v) is 19.7. The van der Waals surface area contributed by atoms with Crippen LogP contribution in [0.15, 0.2) is 79.0 Å². The van der Waals surface area contributed by atoms with Crippen LogP contribution in [-0.2, 0) is 4.79 Å². The summed E-state index contributed by atoms with van der Waals surface area (Å²) < 4.78 is 5.96. The molecule has 0 N–H and O–H groups in total. The van der Waals surface area contributed by atoms with Crippen molar-refractivity contribution in [3.05, 3.63) is 84.0 Å². The molecule has 1 aromatic heterocycles. The SMILES string of the molecule is CC(Oc1ccc(-c2cnc3ccccc3n2)cc1)C(=O)N1CCN(c2cccc(Cl)c2)CC1. The molecule has 1 unspecified atom stereocenters. The fraction of sp³-hybridized carbons (Fsp3) is 0.222. The summed E-state index contributed by atoms with van der Waals surface area (Å²) in [6.07, 6.45) is 1.21. The minimum Gasteiger partial charge on any atom is -0.481 e. The Labute approximate surface area is 203 Å². The van der Waals surface area contributed by atoms with Crippen LogP contribution in [0.1, 0.15) is 6.92 Å². The molecule has 7 heteroatoms. The standard InChI is InChI=1S/C27H25ClN4O2/c1-19(27(33)32-15-13-31(14-16-32)22-6-4-5-21(28)17-22)34-23-11-9-20(10-12-23)26-18-29-24-7-2-3-8-25(24)30-26/h2-12,17-19H,13-16H2,1H3. The first kappa shape index (κ1) is 22.2. The van der Waals surface area contributed by atoms with Gasteiger partial charge in [-0.25, -0.2) is 4.98 Å². The predicted molar refractivity (Wildman–Crippen MR) is 135 cm³/mol. The molecule has 2 heterocycles. The molecule has 5 rings (SSSR count). The van der Waals surface area contributed by atoms with Crippen molar-refractivity contribution in [2.24, 2.45) is 0 Å². The first-order valence-corrected chi connectivity index (χ1v) is 11.7. The van der Waals surface area contributed by atoms with Crippen LogP contribution >= 0.6 is 11.6 Å². The number of nitrogens with zero attached hydrogens (tertiary/aromatic N) is 4. The molecule has 1 amide bonds. The number of aromatic nitrogens is 2. The van der Waals surface area contributed by atoms with E-state index in [4.69, 9.17) is 16.3 Å². The quantitative estimate of drug-likeness (QED) is 0.406. The van der Waals surface area contributed by atoms with Crippen molar-refractivity contribution in [2.45, 2.75) is 13.0 Å². The van der Waals surface area contributed by atoms with Gasteiger partial charge in [0.25, 0.3) is 5.91 Å². The van der Waals surface area contributed by atoms with E-state index in [1.807, 2.05) is 77.7 Å². The molecule has 1 saturated heterocycles. The molecule has 1 aliphatic rings. The Morgan fingerprint density at radius 3 is 2.41 bits per heavy atom. The van der Waals surface area contributed by atoms with Crippen molar-refractivity contribution in [1.82, 2.24) is 14.9 Å². The number of para-hydroxylation sites is 2. The maximum Gasteiger partial charge on any atom is 0.263 e. The van der Waals surface area contributed by atoms with E-state index in [-0.39, 0.29) is 5.91 Å². The number of hydrogen-bond donors (Lipinski definition) is 0. The lowest BCUT2D eigenvalue weighted by atomic mass is 10.1. The number of carbonyl (C=O) groups is 1. The maximum absolute atomic E-state index is 13.0. The maximum atomic E-state index is 13.0. The zero-order valence-electron chi connectivity index (χ0n) is 18.9. The average Bonchev–Trinajstić information content (AvgIpc) is 2.88. The number of anilines is 1. The molecular formula is C27H25ClN4O2. The van der Waals surface area contributed by atoms with Crippen molar-refractivity contribution in [2.75, 3.05) is 31.1 Å². The van der Waals surface area contributed by atoms with E-state index in [1.54, 1.807) is 13.1 Å². The minimum absolute atomic E-state index is 0.00443. The third-order valence-corrected chi connectivity index (χ3v) is 6.26. The molecule has 0 radical (unpaired) electrons. The van der Waals surface area contributed by atoms with Gasteiger partial charge in [-0.05, 0) is 61.5 Å². The molecule has 1 fully saturated rings. The Balaban J connectivity index is 1.18. The Hall–Kier alpha value is -3.64. The lowest BCUT2D eigenvalue weighted by Crippen LogP contribution is -2.52. The van der Waals surface area contributed by atoms with Gasteiger partial charge in [0.2, 0.25) is 0 Å². The number of carbonyl (C=O) groups excluding carboxylic acids is 1. The van der Waals surface area contributed by atoms with E-state index >= 15 is 0 Å². The van der Waals surface area contributed by atoms with Crippen molar-refractivity contribution < 1.29 is 9.53 Å². The first-order valence-electron chi connectivity index (χ1n) is 11.3. The van der Waals surface area contributed by atoms with Gasteiger partial charge in [-0.3, -0.25) is 9.78 Å². The topological polar surface area (TPSA) is 58.6 Å². The van der Waals surface area contributed by atoms with Crippen LogP contribution in [0.25, 0.3) is 22.3 Å². The normalized spacial score (nSPS) is 14.8. The van der Waals surface area contributed by atoms with Gasteiger partial charge in [0.15, 0.2) is 6.10 Å². The van der Waals surface area contributed by atoms with Crippen LogP contribution in [0.2, 0.25) is 5.02 Å². The van der Waals surface area contributed by atoms with Gasteiger partial charge >= 0.3 is 0 Å². The molecule has 0 saturated carbocycles. The third-order valence-electron chi connectivity index (χ3n) is 6.02. The molecule has 0 bridgehead atoms. The van der Waals surface area contributed by atoms with E-state index in [0.717, 1.165) is 46.1 Å². The largest absolute Gasteiger partial charge is 0.481 e. The smallest absolute Gasteiger partial charge is 0.263 e. The van der Waals surface area contributed by atoms with Gasteiger partial charge in [0.05, 0.1) is 22.9 Å². The van der Waals surface area contributed by atoms with Crippen LogP contribution in [0, 0.1) is 0 Å². The highest BCUT2D eigenvalue weighted by molar-refractivity contribution is 6.30. The van der Waals surface area contributed by atoms with E-state index in [9.17, 15) is 4.79 Å². The molecule has 34 heavy (non-hydrogen) atoms. The second-order valence-electron chi connectivity index (χ2n) is 8.32. The number of fused-ring (bicyclic) bond motifs is 1. The summed E-state index contributed by atoms with van der Waals surface area (Å²) in [5.74, 6) is 0.645. The Kier molecular flexibility index (Phi) is 6.32. The molecule has 172 valence electrons. The highest BCUT2D eigenvalue weighted by Crippen LogP contribution is 2.24. The van der Waals surface area contributed by atoms with Gasteiger partial charge in [-0.1, -0.05) is 29.8 Å². The summed E-state index contributed by atoms with van der Waals surface area (Å²) in [6.45, 7) is 4.63. The van der Waals surface area contributed by atoms with E-state index in [0.29, 0.717) is 18.8 Å². The fourth-order valence-corrected chi connectivity index (χ4v) is 4.35. The second-order valence-corrected chi connectivity index (χ2v) is 8.76. The summed E-state index contributed by atoms with van der Waals surface area (Å²) in [4.78, 5) is 26.2. The lowest BCUT2D eigenvalue weighted by molar-refractivity contribution is -0.138. The monoisotopic (exact) mass is 472 g/mol. The first-order chi connectivity index (χ1) is 16.6. The molecule has 1 atom stereocenters. The predicted octanol–water partition coefficient (Wildman–Crippen LogP) is 5.07. The Morgan fingerprint density at radius 2 is 1.68 bits per heavy atom. The third kappa shape index (κ3) is 4.82. The number of rotatable bonds is 5. The van der Waals surface area contributed by atoms with E-state index in [1.165, 1.54) is 0 Å². The van der Waals surface area contributed by atoms with Gasteiger partial charge in [-0.15, -0.1) is 0 Å². The minimum atomic E-state index is -0.566. The summed E-state index contributed by atoms with van der Waals surface area (Å²) in [7, 11) is 0. The van der Waals surface area contributed by atoms with Gasteiger partial charge in [0, 0.05) is 42.5 Å². The van der Waals surface area contributed by atoms with E-state index < -0.39 is 6.10 Å². The summed E-state index contributed by atoms with van der Waals surface area (Å²) in [5.41, 5.74) is 4.55. The lowest BCUT2D eigenvalue weighted by Gasteiger charge is -2.37. The van der Waals surface area contributed by atoms with E-state index in [2.05, 4.69) is 14.9 Å². The average molecular weight is 473 g/mol. The van der Waals surface area contributed by atoms with Crippen LogP contribution in [0.4, 0.5) is 5.69 Å². The highest BCUT2D eigenvalue weighted by Gasteiger charge is 2.26. The van der Waals surface area contributed by atoms with Gasteiger partial charge < -0.3 is 14.5 Å². The number of benzene rings is 3. The molecule has 0 aliphatic carbocycles. The highest BCUT2D eigenvalue weighted by atomic mass is 35.5. The summed E-state index contributed by atoms with van der Waals surface area (Å²) in [5, 5.41) is 0.719. The van der Waals surface area contributed by atoms with Gasteiger partial charge in [-0.2, -0.15) is 0 Å². The number of halogens is 1. The fourth-order valence-electron chi connectivity index (χ4n) is 4.17. The zero-order chi connectivity index (χ0) is 23.5. The number of amides is 1. The summed E-state index contributed by atoms with van der Waals surface area (Å²) >= 11 is 6.12. The van der Waals surface area contributed by atoms with Crippen LogP contribution in [0.5, 0.6) is 5.75 Å². The van der Waals surface area contributed by atoms with Gasteiger partial charge in [0.1, 0.15) is 5.75 Å².